The summed E-state index contributed by atoms with van der Waals surface area (Å²) in [5.41, 5.74) is 1.23. The van der Waals surface area contributed by atoms with Gasteiger partial charge in [-0.1, -0.05) is 11.6 Å². The number of halogens is 2. The number of carbonyl (C=O) groups is 1. The van der Waals surface area contributed by atoms with Crippen LogP contribution in [0, 0.1) is 5.82 Å². The Morgan fingerprint density at radius 3 is 2.69 bits per heavy atom. The molecule has 11 heteroatoms. The summed E-state index contributed by atoms with van der Waals surface area (Å²) in [6.07, 6.45) is 3.06. The zero-order valence-electron chi connectivity index (χ0n) is 20.5. The summed E-state index contributed by atoms with van der Waals surface area (Å²) in [5.74, 6) is 0.996. The molecular weight excluding hydrogens is 489 g/mol. The van der Waals surface area contributed by atoms with Crippen LogP contribution in [0.2, 0.25) is 5.02 Å². The Labute approximate surface area is 214 Å². The SMILES string of the molecule is COCCN(C)C(=O)N1CCC(Oc2cc3cnc(Nc4ccc(F)c(Cl)c4)nc3cc2OC)CC1. The molecule has 0 unspecified atom stereocenters. The minimum atomic E-state index is -0.495. The number of amides is 2. The second-order valence-electron chi connectivity index (χ2n) is 8.51. The van der Waals surface area contributed by atoms with Gasteiger partial charge >= 0.3 is 6.03 Å². The van der Waals surface area contributed by atoms with Crippen molar-refractivity contribution < 1.29 is 23.4 Å². The molecule has 0 saturated carbocycles. The molecule has 0 bridgehead atoms. The van der Waals surface area contributed by atoms with Gasteiger partial charge in [0.05, 0.1) is 24.3 Å². The Balaban J connectivity index is 1.42. The number of hydrogen-bond donors (Lipinski definition) is 1. The zero-order chi connectivity index (χ0) is 25.7. The van der Waals surface area contributed by atoms with Crippen molar-refractivity contribution in [2.45, 2.75) is 18.9 Å². The molecular formula is C25H29ClFN5O4. The predicted octanol–water partition coefficient (Wildman–Crippen LogP) is 4.72. The van der Waals surface area contributed by atoms with Crippen molar-refractivity contribution in [2.24, 2.45) is 0 Å². The van der Waals surface area contributed by atoms with Crippen molar-refractivity contribution in [2.75, 3.05) is 52.8 Å². The number of likely N-dealkylation sites (tertiary alicyclic amines) is 1. The van der Waals surface area contributed by atoms with Crippen LogP contribution in [-0.4, -0.2) is 79.4 Å². The van der Waals surface area contributed by atoms with Crippen molar-refractivity contribution in [1.82, 2.24) is 19.8 Å². The highest BCUT2D eigenvalue weighted by molar-refractivity contribution is 6.31. The number of nitrogens with zero attached hydrogens (tertiary/aromatic N) is 4. The van der Waals surface area contributed by atoms with Crippen molar-refractivity contribution in [3.63, 3.8) is 0 Å². The number of likely N-dealkylation sites (N-methyl/N-ethyl adjacent to an activating group) is 1. The summed E-state index contributed by atoms with van der Waals surface area (Å²) in [6.45, 7) is 2.28. The molecule has 9 nitrogen and oxygen atoms in total. The fraction of sp³-hybridized carbons (Fsp3) is 0.400. The van der Waals surface area contributed by atoms with Crippen LogP contribution < -0.4 is 14.8 Å². The summed E-state index contributed by atoms with van der Waals surface area (Å²) >= 11 is 5.86. The smallest absolute Gasteiger partial charge is 0.319 e. The van der Waals surface area contributed by atoms with E-state index in [1.165, 1.54) is 12.1 Å². The second kappa shape index (κ2) is 11.6. The molecule has 192 valence electrons. The van der Waals surface area contributed by atoms with Crippen LogP contribution in [0.5, 0.6) is 11.5 Å². The average molecular weight is 518 g/mol. The monoisotopic (exact) mass is 517 g/mol. The van der Waals surface area contributed by atoms with Gasteiger partial charge < -0.3 is 29.3 Å². The number of piperidine rings is 1. The van der Waals surface area contributed by atoms with E-state index in [0.717, 1.165) is 5.39 Å². The van der Waals surface area contributed by atoms with E-state index in [4.69, 9.17) is 25.8 Å². The van der Waals surface area contributed by atoms with Crippen LogP contribution in [0.4, 0.5) is 20.8 Å². The largest absolute Gasteiger partial charge is 0.493 e. The molecule has 36 heavy (non-hydrogen) atoms. The summed E-state index contributed by atoms with van der Waals surface area (Å²) in [5, 5.41) is 3.82. The molecule has 1 aliphatic heterocycles. The highest BCUT2D eigenvalue weighted by atomic mass is 35.5. The number of rotatable bonds is 8. The van der Waals surface area contributed by atoms with Gasteiger partial charge in [0.1, 0.15) is 11.9 Å². The fourth-order valence-electron chi connectivity index (χ4n) is 3.96. The van der Waals surface area contributed by atoms with Crippen molar-refractivity contribution >= 4 is 40.2 Å². The summed E-state index contributed by atoms with van der Waals surface area (Å²) in [7, 11) is 4.97. The van der Waals surface area contributed by atoms with Crippen LogP contribution in [0.1, 0.15) is 12.8 Å². The number of anilines is 2. The first-order valence-corrected chi connectivity index (χ1v) is 12.0. The van der Waals surface area contributed by atoms with Gasteiger partial charge in [-0.15, -0.1) is 0 Å². The van der Waals surface area contributed by atoms with E-state index in [1.807, 2.05) is 11.0 Å². The molecule has 1 aromatic heterocycles. The molecule has 2 aromatic carbocycles. The van der Waals surface area contributed by atoms with Gasteiger partial charge in [-0.05, 0) is 24.3 Å². The maximum Gasteiger partial charge on any atom is 0.319 e. The fourth-order valence-corrected chi connectivity index (χ4v) is 4.14. The Bertz CT molecular complexity index is 1220. The first-order valence-electron chi connectivity index (χ1n) is 11.6. The van der Waals surface area contributed by atoms with Gasteiger partial charge in [0.25, 0.3) is 0 Å². The molecule has 2 amide bonds. The molecule has 4 rings (SSSR count). The standard InChI is InChI=1S/C25H29ClFN5O4/c1-31(10-11-34-2)25(33)32-8-6-18(7-9-32)36-23-12-16-15-28-24(30-21(16)14-22(23)35-3)29-17-4-5-20(27)19(26)13-17/h4-5,12-15,18H,6-11H2,1-3H3,(H,28,29,30). The third-order valence-corrected chi connectivity index (χ3v) is 6.29. The quantitative estimate of drug-likeness (QED) is 0.462. The molecule has 0 aliphatic carbocycles. The minimum absolute atomic E-state index is 0.00161. The molecule has 0 radical (unpaired) electrons. The number of methoxy groups -OCH3 is 2. The summed E-state index contributed by atoms with van der Waals surface area (Å²) < 4.78 is 30.3. The molecule has 1 aliphatic rings. The number of hydrogen-bond acceptors (Lipinski definition) is 7. The number of fused-ring (bicyclic) bond motifs is 1. The Kier molecular flexibility index (Phi) is 8.27. The number of nitrogens with one attached hydrogen (secondary N) is 1. The van der Waals surface area contributed by atoms with Gasteiger partial charge in [0.2, 0.25) is 5.95 Å². The van der Waals surface area contributed by atoms with Crippen molar-refractivity contribution in [3.8, 4) is 11.5 Å². The van der Waals surface area contributed by atoms with E-state index in [1.54, 1.807) is 44.5 Å². The van der Waals surface area contributed by atoms with Gasteiger partial charge in [-0.25, -0.2) is 19.2 Å². The van der Waals surface area contributed by atoms with Crippen LogP contribution in [-0.2, 0) is 4.74 Å². The molecule has 1 N–H and O–H groups in total. The third kappa shape index (κ3) is 6.06. The summed E-state index contributed by atoms with van der Waals surface area (Å²) in [4.78, 5) is 25.0. The van der Waals surface area contributed by atoms with Crippen LogP contribution in [0.15, 0.2) is 36.5 Å². The van der Waals surface area contributed by atoms with E-state index < -0.39 is 5.82 Å². The van der Waals surface area contributed by atoms with Crippen LogP contribution >= 0.6 is 11.6 Å². The lowest BCUT2D eigenvalue weighted by molar-refractivity contribution is 0.0910. The van der Waals surface area contributed by atoms with Crippen LogP contribution in [0.3, 0.4) is 0 Å². The van der Waals surface area contributed by atoms with Crippen LogP contribution in [0.25, 0.3) is 10.9 Å². The van der Waals surface area contributed by atoms with Crippen molar-refractivity contribution in [1.29, 1.82) is 0 Å². The topological polar surface area (TPSA) is 89.1 Å². The van der Waals surface area contributed by atoms with Crippen molar-refractivity contribution in [3.05, 3.63) is 47.4 Å². The van der Waals surface area contributed by atoms with E-state index in [0.29, 0.717) is 67.7 Å². The summed E-state index contributed by atoms with van der Waals surface area (Å²) in [6, 6.07) is 7.94. The predicted molar refractivity (Wildman–Crippen MR) is 136 cm³/mol. The lowest BCUT2D eigenvalue weighted by Gasteiger charge is -2.34. The first kappa shape index (κ1) is 25.7. The van der Waals surface area contributed by atoms with Gasteiger partial charge in [0.15, 0.2) is 11.5 Å². The Hall–Kier alpha value is -3.37. The third-order valence-electron chi connectivity index (χ3n) is 6.00. The average Bonchev–Trinajstić information content (AvgIpc) is 2.89. The number of benzene rings is 2. The first-order chi connectivity index (χ1) is 17.4. The minimum Gasteiger partial charge on any atom is -0.493 e. The van der Waals surface area contributed by atoms with E-state index >= 15 is 0 Å². The molecule has 0 atom stereocenters. The highest BCUT2D eigenvalue weighted by Crippen LogP contribution is 2.34. The zero-order valence-corrected chi connectivity index (χ0v) is 21.2. The lowest BCUT2D eigenvalue weighted by atomic mass is 10.1. The number of ether oxygens (including phenoxy) is 3. The van der Waals surface area contributed by atoms with E-state index in [2.05, 4.69) is 15.3 Å². The molecule has 2 heterocycles. The Morgan fingerprint density at radius 1 is 1.22 bits per heavy atom. The van der Waals surface area contributed by atoms with E-state index in [9.17, 15) is 9.18 Å². The molecule has 1 fully saturated rings. The van der Waals surface area contributed by atoms with Gasteiger partial charge in [-0.2, -0.15) is 0 Å². The second-order valence-corrected chi connectivity index (χ2v) is 8.92. The van der Waals surface area contributed by atoms with Gasteiger partial charge in [0, 0.05) is 70.0 Å². The van der Waals surface area contributed by atoms with E-state index in [-0.39, 0.29) is 17.2 Å². The Morgan fingerprint density at radius 2 is 2.00 bits per heavy atom. The number of urea groups is 1. The number of carbonyl (C=O) groups excluding carboxylic acids is 1. The maximum absolute atomic E-state index is 13.4. The molecule has 3 aromatic rings. The molecule has 0 spiro atoms. The maximum atomic E-state index is 13.4. The highest BCUT2D eigenvalue weighted by Gasteiger charge is 2.26. The van der Waals surface area contributed by atoms with Gasteiger partial charge in [-0.3, -0.25) is 0 Å². The normalized spacial score (nSPS) is 14.1. The lowest BCUT2D eigenvalue weighted by Crippen LogP contribution is -2.47. The molecule has 1 saturated heterocycles. The number of aromatic nitrogens is 2.